The molecule has 0 amide bonds. The zero-order valence-electron chi connectivity index (χ0n) is 11.8. The van der Waals surface area contributed by atoms with Crippen molar-refractivity contribution in [3.8, 4) is 0 Å². The normalized spacial score (nSPS) is 28.0. The van der Waals surface area contributed by atoms with E-state index in [4.69, 9.17) is 16.3 Å². The zero-order chi connectivity index (χ0) is 15.0. The number of halogens is 1. The molecule has 0 bridgehead atoms. The molecule has 1 fully saturated rings. The van der Waals surface area contributed by atoms with E-state index in [1.165, 1.54) is 7.11 Å². The number of hydrogen-bond donors (Lipinski definition) is 0. The van der Waals surface area contributed by atoms with Gasteiger partial charge in [-0.2, -0.15) is 0 Å². The third-order valence-electron chi connectivity index (χ3n) is 4.45. The number of carbonyl (C=O) groups excluding carboxylic acids is 2. The van der Waals surface area contributed by atoms with Crippen molar-refractivity contribution in [1.82, 2.24) is 0 Å². The summed E-state index contributed by atoms with van der Waals surface area (Å²) in [5.74, 6) is 1.01. The van der Waals surface area contributed by atoms with E-state index in [1.54, 1.807) is 12.1 Å². The lowest BCUT2D eigenvalue weighted by Gasteiger charge is -2.19. The highest BCUT2D eigenvalue weighted by Crippen LogP contribution is 2.56. The smallest absolute Gasteiger partial charge is 0.337 e. The van der Waals surface area contributed by atoms with Crippen molar-refractivity contribution in [3.63, 3.8) is 0 Å². The summed E-state index contributed by atoms with van der Waals surface area (Å²) in [4.78, 5) is 22.9. The van der Waals surface area contributed by atoms with Crippen LogP contribution in [0, 0.1) is 11.8 Å². The van der Waals surface area contributed by atoms with E-state index < -0.39 is 0 Å². The number of ether oxygens (including phenoxy) is 1. The topological polar surface area (TPSA) is 43.4 Å². The quantitative estimate of drug-likeness (QED) is 0.800. The van der Waals surface area contributed by atoms with E-state index in [2.05, 4.69) is 0 Å². The maximum atomic E-state index is 11.6. The molecule has 21 heavy (non-hydrogen) atoms. The number of benzene rings is 1. The summed E-state index contributed by atoms with van der Waals surface area (Å²) in [5.41, 5.74) is 1.74. The molecule has 3 nitrogen and oxygen atoms in total. The number of carbonyl (C=O) groups is 2. The summed E-state index contributed by atoms with van der Waals surface area (Å²) in [6.07, 6.45) is 4.07. The number of hydrogen-bond acceptors (Lipinski definition) is 3. The molecule has 110 valence electrons. The van der Waals surface area contributed by atoms with Crippen LogP contribution in [0.4, 0.5) is 0 Å². The molecule has 3 atom stereocenters. The Morgan fingerprint density at radius 1 is 1.33 bits per heavy atom. The number of rotatable bonds is 3. The van der Waals surface area contributed by atoms with Crippen LogP contribution in [-0.2, 0) is 9.53 Å². The van der Waals surface area contributed by atoms with Crippen LogP contribution in [0.2, 0.25) is 0 Å². The van der Waals surface area contributed by atoms with Gasteiger partial charge in [-0.1, -0.05) is 23.7 Å². The molecule has 0 aliphatic heterocycles. The molecule has 2 aliphatic rings. The number of esters is 1. The van der Waals surface area contributed by atoms with Gasteiger partial charge in [0.25, 0.3) is 0 Å². The van der Waals surface area contributed by atoms with E-state index in [0.717, 1.165) is 18.4 Å². The molecule has 0 spiro atoms. The second-order valence-corrected chi connectivity index (χ2v) is 6.20. The Morgan fingerprint density at radius 3 is 2.86 bits per heavy atom. The molecule has 0 saturated heterocycles. The first-order valence-corrected chi connectivity index (χ1v) is 7.56. The summed E-state index contributed by atoms with van der Waals surface area (Å²) >= 11 is 6.24. The number of allylic oxidation sites excluding steroid dienone is 2. The molecule has 0 radical (unpaired) electrons. The van der Waals surface area contributed by atoms with Gasteiger partial charge < -0.3 is 4.74 Å². The predicted molar refractivity (Wildman–Crippen MR) is 80.3 cm³/mol. The van der Waals surface area contributed by atoms with Gasteiger partial charge in [-0.15, -0.1) is 0 Å². The lowest BCUT2D eigenvalue weighted by atomic mass is 9.89. The molecule has 4 heteroatoms. The maximum Gasteiger partial charge on any atom is 0.337 e. The summed E-state index contributed by atoms with van der Waals surface area (Å²) in [5, 5.41) is 0.697. The molecular formula is C17H17ClO3. The minimum absolute atomic E-state index is 0.126. The molecule has 3 unspecified atom stereocenters. The van der Waals surface area contributed by atoms with Crippen LogP contribution in [-0.4, -0.2) is 18.9 Å². The largest absolute Gasteiger partial charge is 0.465 e. The second-order valence-electron chi connectivity index (χ2n) is 5.76. The van der Waals surface area contributed by atoms with Crippen LogP contribution in [0.3, 0.4) is 0 Å². The summed E-state index contributed by atoms with van der Waals surface area (Å²) in [7, 11) is 1.39. The van der Waals surface area contributed by atoms with Gasteiger partial charge in [-0.05, 0) is 54.4 Å². The Labute approximate surface area is 128 Å². The summed E-state index contributed by atoms with van der Waals surface area (Å²) in [6, 6.07) is 7.60. The van der Waals surface area contributed by atoms with Crippen molar-refractivity contribution in [3.05, 3.63) is 46.5 Å². The van der Waals surface area contributed by atoms with Crippen LogP contribution in [0.1, 0.15) is 41.1 Å². The van der Waals surface area contributed by atoms with Gasteiger partial charge >= 0.3 is 5.97 Å². The third kappa shape index (κ3) is 2.88. The van der Waals surface area contributed by atoms with E-state index in [0.29, 0.717) is 28.9 Å². The van der Waals surface area contributed by atoms with Gasteiger partial charge in [0, 0.05) is 11.5 Å². The van der Waals surface area contributed by atoms with Crippen LogP contribution >= 0.6 is 11.6 Å². The minimum atomic E-state index is -0.310. The second kappa shape index (κ2) is 5.64. The predicted octanol–water partition coefficient (Wildman–Crippen LogP) is 3.68. The Morgan fingerprint density at radius 2 is 2.14 bits per heavy atom. The van der Waals surface area contributed by atoms with Crippen molar-refractivity contribution < 1.29 is 14.3 Å². The van der Waals surface area contributed by atoms with E-state index >= 15 is 0 Å². The Hall–Kier alpha value is -1.61. The molecule has 1 aromatic rings. The zero-order valence-corrected chi connectivity index (χ0v) is 12.6. The Kier molecular flexibility index (Phi) is 3.85. The van der Waals surface area contributed by atoms with Crippen LogP contribution in [0.15, 0.2) is 35.4 Å². The highest BCUT2D eigenvalue weighted by molar-refractivity contribution is 6.31. The first-order chi connectivity index (χ1) is 10.1. The Balaban J connectivity index is 1.75. The molecule has 3 rings (SSSR count). The minimum Gasteiger partial charge on any atom is -0.465 e. The number of ketones is 1. The fourth-order valence-corrected chi connectivity index (χ4v) is 3.64. The van der Waals surface area contributed by atoms with Gasteiger partial charge in [0.15, 0.2) is 5.78 Å². The van der Waals surface area contributed by atoms with Gasteiger partial charge in [-0.3, -0.25) is 4.79 Å². The third-order valence-corrected chi connectivity index (χ3v) is 4.84. The fraction of sp³-hybridized carbons (Fsp3) is 0.412. The summed E-state index contributed by atoms with van der Waals surface area (Å²) in [6.45, 7) is 0. The van der Waals surface area contributed by atoms with Crippen molar-refractivity contribution in [1.29, 1.82) is 0 Å². The van der Waals surface area contributed by atoms with Gasteiger partial charge in [-0.25, -0.2) is 4.79 Å². The SMILES string of the molecule is COC(=O)c1cccc(C2CC2C2CCC(=O)C=C2Cl)c1. The Bertz CT molecular complexity index is 620. The highest BCUT2D eigenvalue weighted by Gasteiger charge is 2.45. The van der Waals surface area contributed by atoms with Crippen LogP contribution in [0.25, 0.3) is 0 Å². The highest BCUT2D eigenvalue weighted by atomic mass is 35.5. The fourth-order valence-electron chi connectivity index (χ4n) is 3.24. The monoisotopic (exact) mass is 304 g/mol. The van der Waals surface area contributed by atoms with Crippen molar-refractivity contribution in [2.45, 2.75) is 25.2 Å². The molecule has 2 aliphatic carbocycles. The lowest BCUT2D eigenvalue weighted by Crippen LogP contribution is -2.13. The average molecular weight is 305 g/mol. The first-order valence-electron chi connectivity index (χ1n) is 7.18. The van der Waals surface area contributed by atoms with Gasteiger partial charge in [0.05, 0.1) is 12.7 Å². The van der Waals surface area contributed by atoms with E-state index in [1.807, 2.05) is 18.2 Å². The van der Waals surface area contributed by atoms with Gasteiger partial charge in [0.2, 0.25) is 0 Å². The van der Waals surface area contributed by atoms with E-state index in [-0.39, 0.29) is 17.7 Å². The summed E-state index contributed by atoms with van der Waals surface area (Å²) < 4.78 is 4.76. The molecule has 0 aromatic heterocycles. The first kappa shape index (κ1) is 14.3. The van der Waals surface area contributed by atoms with Crippen molar-refractivity contribution in [2.75, 3.05) is 7.11 Å². The standard InChI is InChI=1S/C17H17ClO3/c1-21-17(20)11-4-2-3-10(7-11)14-9-15(14)13-6-5-12(19)8-16(13)18/h2-4,7-8,13-15H,5-6,9H2,1H3. The van der Waals surface area contributed by atoms with Crippen LogP contribution in [0.5, 0.6) is 0 Å². The molecule has 1 aromatic carbocycles. The number of methoxy groups -OCH3 is 1. The van der Waals surface area contributed by atoms with Gasteiger partial charge in [0.1, 0.15) is 0 Å². The van der Waals surface area contributed by atoms with Crippen molar-refractivity contribution in [2.24, 2.45) is 11.8 Å². The van der Waals surface area contributed by atoms with E-state index in [9.17, 15) is 9.59 Å². The lowest BCUT2D eigenvalue weighted by molar-refractivity contribution is -0.115. The molecule has 0 N–H and O–H groups in total. The average Bonchev–Trinajstić information content (AvgIpc) is 3.27. The molecule has 1 saturated carbocycles. The van der Waals surface area contributed by atoms with Crippen molar-refractivity contribution >= 4 is 23.4 Å². The molecule has 0 heterocycles. The molecular weight excluding hydrogens is 288 g/mol. The van der Waals surface area contributed by atoms with Crippen LogP contribution < -0.4 is 0 Å². The maximum absolute atomic E-state index is 11.6.